The molecule has 0 unspecified atom stereocenters. The van der Waals surface area contributed by atoms with E-state index in [-0.39, 0.29) is 17.2 Å². The van der Waals surface area contributed by atoms with Gasteiger partial charge in [-0.3, -0.25) is 0 Å². The van der Waals surface area contributed by atoms with Gasteiger partial charge in [0, 0.05) is 18.7 Å². The van der Waals surface area contributed by atoms with Gasteiger partial charge in [-0.1, -0.05) is 32.9 Å². The molecule has 1 N–H and O–H groups in total. The van der Waals surface area contributed by atoms with Crippen LogP contribution in [-0.4, -0.2) is 24.2 Å². The maximum Gasteiger partial charge on any atom is 0.232 e. The molecule has 126 valence electrons. The number of oxazole rings is 1. The quantitative estimate of drug-likeness (QED) is 0.916. The Morgan fingerprint density at radius 2 is 2.04 bits per heavy atom. The Kier molecular flexibility index (Phi) is 4.59. The van der Waals surface area contributed by atoms with Gasteiger partial charge in [-0.2, -0.15) is 10.2 Å². The largest absolute Gasteiger partial charge is 0.419 e. The highest BCUT2D eigenvalue weighted by atomic mass is 16.5. The molecular formula is C19H23N3O2. The number of nitriles is 1. The first kappa shape index (κ1) is 16.5. The number of hydrogen-bond acceptors (Lipinski definition) is 5. The highest BCUT2D eigenvalue weighted by molar-refractivity contribution is 5.59. The molecule has 0 amide bonds. The molecule has 1 fully saturated rings. The molecule has 0 aliphatic carbocycles. The van der Waals surface area contributed by atoms with Crippen molar-refractivity contribution in [2.24, 2.45) is 0 Å². The molecule has 2 aromatic rings. The molecule has 1 aromatic heterocycles. The topological polar surface area (TPSA) is 71.1 Å². The second-order valence-corrected chi connectivity index (χ2v) is 7.15. The molecule has 0 saturated carbocycles. The van der Waals surface area contributed by atoms with E-state index in [1.807, 2.05) is 12.1 Å². The third kappa shape index (κ3) is 3.60. The molecule has 2 heterocycles. The lowest BCUT2D eigenvalue weighted by Crippen LogP contribution is -2.18. The van der Waals surface area contributed by atoms with Gasteiger partial charge in [0.15, 0.2) is 0 Å². The molecule has 5 nitrogen and oxygen atoms in total. The van der Waals surface area contributed by atoms with Gasteiger partial charge in [0.2, 0.25) is 17.5 Å². The number of ether oxygens (including phenoxy) is 1. The minimum atomic E-state index is 0.0981. The van der Waals surface area contributed by atoms with Crippen LogP contribution in [0.3, 0.4) is 0 Å². The van der Waals surface area contributed by atoms with E-state index in [1.165, 1.54) is 5.56 Å². The Morgan fingerprint density at radius 3 is 2.62 bits per heavy atom. The average molecular weight is 325 g/mol. The molecule has 5 heteroatoms. The summed E-state index contributed by atoms with van der Waals surface area (Å²) in [5, 5.41) is 12.4. The number of anilines is 1. The molecule has 1 saturated heterocycles. The van der Waals surface area contributed by atoms with Crippen molar-refractivity contribution in [3.63, 3.8) is 0 Å². The van der Waals surface area contributed by atoms with E-state index in [4.69, 9.17) is 9.15 Å². The van der Waals surface area contributed by atoms with Gasteiger partial charge in [-0.25, -0.2) is 0 Å². The zero-order valence-corrected chi connectivity index (χ0v) is 14.4. The lowest BCUT2D eigenvalue weighted by Gasteiger charge is -2.18. The van der Waals surface area contributed by atoms with Crippen molar-refractivity contribution in [3.05, 3.63) is 35.5 Å². The van der Waals surface area contributed by atoms with Crippen LogP contribution in [-0.2, 0) is 10.2 Å². The molecule has 0 bridgehead atoms. The summed E-state index contributed by atoms with van der Waals surface area (Å²) in [6, 6.07) is 10.2. The van der Waals surface area contributed by atoms with Crippen LogP contribution in [0, 0.1) is 11.3 Å². The van der Waals surface area contributed by atoms with Gasteiger partial charge in [0.1, 0.15) is 6.07 Å². The lowest BCUT2D eigenvalue weighted by atomic mass is 9.87. The van der Waals surface area contributed by atoms with Crippen LogP contribution in [0.25, 0.3) is 11.5 Å². The fraction of sp³-hybridized carbons (Fsp3) is 0.474. The number of nitrogens with zero attached hydrogens (tertiary/aromatic N) is 2. The summed E-state index contributed by atoms with van der Waals surface area (Å²) in [6.45, 7) is 7.96. The van der Waals surface area contributed by atoms with E-state index >= 15 is 0 Å². The molecule has 0 spiro atoms. The Hall–Kier alpha value is -2.32. The van der Waals surface area contributed by atoms with Crippen molar-refractivity contribution < 1.29 is 9.15 Å². The van der Waals surface area contributed by atoms with Crippen molar-refractivity contribution in [2.75, 3.05) is 18.5 Å². The minimum absolute atomic E-state index is 0.0981. The Morgan fingerprint density at radius 1 is 1.29 bits per heavy atom. The van der Waals surface area contributed by atoms with Crippen LogP contribution in [0.15, 0.2) is 28.7 Å². The monoisotopic (exact) mass is 325 g/mol. The highest BCUT2D eigenvalue weighted by Gasteiger charge is 2.19. The molecule has 24 heavy (non-hydrogen) atoms. The first-order chi connectivity index (χ1) is 11.5. The minimum Gasteiger partial charge on any atom is -0.419 e. The van der Waals surface area contributed by atoms with Crippen molar-refractivity contribution in [2.45, 2.75) is 45.1 Å². The standard InChI is InChI=1S/C19H23N3O2/c1-19(2,3)14-8-6-13(7-9-14)17-22-16(11-20)18(24-17)21-12-15-5-4-10-23-15/h6-9,15,21H,4-5,10,12H2,1-3H3/t15-/m1/s1. The van der Waals surface area contributed by atoms with Gasteiger partial charge >= 0.3 is 0 Å². The van der Waals surface area contributed by atoms with Crippen molar-refractivity contribution in [1.82, 2.24) is 4.98 Å². The third-order valence-electron chi connectivity index (χ3n) is 4.25. The smallest absolute Gasteiger partial charge is 0.232 e. The second-order valence-electron chi connectivity index (χ2n) is 7.15. The van der Waals surface area contributed by atoms with E-state index in [0.29, 0.717) is 18.3 Å². The molecule has 1 aromatic carbocycles. The summed E-state index contributed by atoms with van der Waals surface area (Å²) in [4.78, 5) is 4.30. The summed E-state index contributed by atoms with van der Waals surface area (Å²) in [7, 11) is 0. The van der Waals surface area contributed by atoms with Crippen molar-refractivity contribution >= 4 is 5.88 Å². The summed E-state index contributed by atoms with van der Waals surface area (Å²) >= 11 is 0. The van der Waals surface area contributed by atoms with E-state index in [0.717, 1.165) is 25.0 Å². The van der Waals surface area contributed by atoms with Crippen LogP contribution in [0.1, 0.15) is 44.9 Å². The average Bonchev–Trinajstić information content (AvgIpc) is 3.21. The van der Waals surface area contributed by atoms with Crippen molar-refractivity contribution in [1.29, 1.82) is 5.26 Å². The lowest BCUT2D eigenvalue weighted by molar-refractivity contribution is 0.120. The fourth-order valence-electron chi connectivity index (χ4n) is 2.76. The Labute approximate surface area is 142 Å². The van der Waals surface area contributed by atoms with E-state index in [1.54, 1.807) is 0 Å². The molecule has 0 radical (unpaired) electrons. The van der Waals surface area contributed by atoms with Crippen LogP contribution >= 0.6 is 0 Å². The Bertz CT molecular complexity index is 729. The van der Waals surface area contributed by atoms with Crippen LogP contribution in [0.2, 0.25) is 0 Å². The van der Waals surface area contributed by atoms with E-state index < -0.39 is 0 Å². The predicted molar refractivity (Wildman–Crippen MR) is 92.8 cm³/mol. The number of hydrogen-bond donors (Lipinski definition) is 1. The normalized spacial score (nSPS) is 17.7. The van der Waals surface area contributed by atoms with Gasteiger partial charge in [-0.05, 0) is 36.0 Å². The van der Waals surface area contributed by atoms with Crippen LogP contribution < -0.4 is 5.32 Å². The first-order valence-corrected chi connectivity index (χ1v) is 8.34. The number of rotatable bonds is 4. The summed E-state index contributed by atoms with van der Waals surface area (Å²) in [5.74, 6) is 0.879. The van der Waals surface area contributed by atoms with Gasteiger partial charge in [-0.15, -0.1) is 0 Å². The van der Waals surface area contributed by atoms with E-state index in [9.17, 15) is 5.26 Å². The molecule has 3 rings (SSSR count). The number of benzene rings is 1. The molecule has 1 atom stereocenters. The molecule has 1 aliphatic rings. The first-order valence-electron chi connectivity index (χ1n) is 8.34. The second kappa shape index (κ2) is 6.66. The highest BCUT2D eigenvalue weighted by Crippen LogP contribution is 2.28. The zero-order valence-electron chi connectivity index (χ0n) is 14.4. The third-order valence-corrected chi connectivity index (χ3v) is 4.25. The molecular weight excluding hydrogens is 302 g/mol. The predicted octanol–water partition coefficient (Wildman–Crippen LogP) is 4.10. The van der Waals surface area contributed by atoms with Crippen LogP contribution in [0.5, 0.6) is 0 Å². The summed E-state index contributed by atoms with van der Waals surface area (Å²) < 4.78 is 11.4. The van der Waals surface area contributed by atoms with E-state index in [2.05, 4.69) is 49.3 Å². The van der Waals surface area contributed by atoms with Gasteiger partial charge < -0.3 is 14.5 Å². The fourth-order valence-corrected chi connectivity index (χ4v) is 2.76. The van der Waals surface area contributed by atoms with Gasteiger partial charge in [0.25, 0.3) is 0 Å². The zero-order chi connectivity index (χ0) is 17.2. The SMILES string of the molecule is CC(C)(C)c1ccc(-c2nc(C#N)c(NC[C@H]3CCCO3)o2)cc1. The summed E-state index contributed by atoms with van der Waals surface area (Å²) in [5.41, 5.74) is 2.49. The van der Waals surface area contributed by atoms with Gasteiger partial charge in [0.05, 0.1) is 6.10 Å². The number of nitrogens with one attached hydrogen (secondary N) is 1. The van der Waals surface area contributed by atoms with Crippen molar-refractivity contribution in [3.8, 4) is 17.5 Å². The maximum absolute atomic E-state index is 9.28. The summed E-state index contributed by atoms with van der Waals surface area (Å²) in [6.07, 6.45) is 2.29. The number of aromatic nitrogens is 1. The maximum atomic E-state index is 9.28. The van der Waals surface area contributed by atoms with Crippen LogP contribution in [0.4, 0.5) is 5.88 Å². The molecule has 1 aliphatic heterocycles. The Balaban J connectivity index is 1.77.